The molecule has 0 heterocycles. The summed E-state index contributed by atoms with van der Waals surface area (Å²) in [7, 11) is 0. The Bertz CT molecular complexity index is 1570. The van der Waals surface area contributed by atoms with E-state index in [1.54, 1.807) is 6.08 Å². The Kier molecular flexibility index (Phi) is 77.9. The smallest absolute Gasteiger partial charge is 0.305 e. The van der Waals surface area contributed by atoms with Crippen molar-refractivity contribution in [1.82, 2.24) is 5.32 Å². The van der Waals surface area contributed by atoms with Crippen LogP contribution < -0.4 is 5.32 Å². The average Bonchev–Trinajstić information content (AvgIpc) is 3.64. The topological polar surface area (TPSA) is 95.9 Å². The molecular weight excluding hydrogens is 1110 g/mol. The Morgan fingerprint density at radius 3 is 0.846 bits per heavy atom. The lowest BCUT2D eigenvalue weighted by molar-refractivity contribution is -0.143. The molecule has 0 aromatic heterocycles. The number of aliphatic hydroxyl groups is 2. The summed E-state index contributed by atoms with van der Waals surface area (Å²) < 4.78 is 5.50. The molecule has 91 heavy (non-hydrogen) atoms. The predicted octanol–water partition coefficient (Wildman–Crippen LogP) is 27.3. The molecule has 0 radical (unpaired) electrons. The first kappa shape index (κ1) is 88.6. The number of unbranched alkanes of at least 4 members (excludes halogenated alkanes) is 58. The second kappa shape index (κ2) is 80.0. The molecule has 0 bridgehead atoms. The van der Waals surface area contributed by atoms with Crippen molar-refractivity contribution in [3.05, 3.63) is 60.8 Å². The van der Waals surface area contributed by atoms with Crippen LogP contribution in [0.5, 0.6) is 0 Å². The number of amides is 1. The van der Waals surface area contributed by atoms with E-state index in [0.29, 0.717) is 19.4 Å². The first-order valence-corrected chi connectivity index (χ1v) is 41.1. The Labute approximate surface area is 569 Å². The molecule has 0 spiro atoms. The summed E-state index contributed by atoms with van der Waals surface area (Å²) in [5, 5.41) is 23.3. The Morgan fingerprint density at radius 1 is 0.308 bits per heavy atom. The van der Waals surface area contributed by atoms with Crippen LogP contribution in [0.2, 0.25) is 0 Å². The molecule has 2 atom stereocenters. The summed E-state index contributed by atoms with van der Waals surface area (Å²) in [5.41, 5.74) is 0. The van der Waals surface area contributed by atoms with Crippen LogP contribution in [-0.4, -0.2) is 47.4 Å². The van der Waals surface area contributed by atoms with Gasteiger partial charge in [-0.3, -0.25) is 9.59 Å². The van der Waals surface area contributed by atoms with Gasteiger partial charge in [-0.25, -0.2) is 0 Å². The van der Waals surface area contributed by atoms with Crippen molar-refractivity contribution >= 4 is 11.9 Å². The highest BCUT2D eigenvalue weighted by Crippen LogP contribution is 2.19. The van der Waals surface area contributed by atoms with Crippen molar-refractivity contribution in [1.29, 1.82) is 0 Å². The number of carbonyl (C=O) groups is 2. The minimum absolute atomic E-state index is 0.00694. The van der Waals surface area contributed by atoms with Crippen molar-refractivity contribution < 1.29 is 24.5 Å². The van der Waals surface area contributed by atoms with Crippen LogP contribution in [0.4, 0.5) is 0 Å². The van der Waals surface area contributed by atoms with E-state index in [1.807, 2.05) is 6.08 Å². The summed E-state index contributed by atoms with van der Waals surface area (Å²) in [6.45, 7) is 4.92. The lowest BCUT2D eigenvalue weighted by Crippen LogP contribution is -2.45. The van der Waals surface area contributed by atoms with Gasteiger partial charge in [-0.15, -0.1) is 0 Å². The van der Waals surface area contributed by atoms with Crippen LogP contribution in [0.15, 0.2) is 60.8 Å². The highest BCUT2D eigenvalue weighted by atomic mass is 16.5. The molecule has 1 amide bonds. The van der Waals surface area contributed by atoms with Gasteiger partial charge in [-0.2, -0.15) is 0 Å². The number of esters is 1. The van der Waals surface area contributed by atoms with Gasteiger partial charge in [0.2, 0.25) is 5.91 Å². The normalized spacial score (nSPS) is 12.8. The highest BCUT2D eigenvalue weighted by Gasteiger charge is 2.18. The van der Waals surface area contributed by atoms with Crippen LogP contribution in [0.3, 0.4) is 0 Å². The lowest BCUT2D eigenvalue weighted by Gasteiger charge is -2.20. The Hall–Kier alpha value is -2.44. The number of carbonyl (C=O) groups excluding carboxylic acids is 2. The number of ether oxygens (including phenoxy) is 1. The van der Waals surface area contributed by atoms with Gasteiger partial charge in [0.15, 0.2) is 0 Å². The Morgan fingerprint density at radius 2 is 0.549 bits per heavy atom. The van der Waals surface area contributed by atoms with Crippen molar-refractivity contribution in [3.63, 3.8) is 0 Å². The fourth-order valence-corrected chi connectivity index (χ4v) is 12.8. The van der Waals surface area contributed by atoms with Crippen LogP contribution >= 0.6 is 0 Å². The van der Waals surface area contributed by atoms with Crippen molar-refractivity contribution in [2.75, 3.05) is 13.2 Å². The monoisotopic (exact) mass is 1270 g/mol. The molecule has 0 aromatic rings. The SMILES string of the molecule is CCCCCC/C=C\C/C=C\CCCCCCCCCC(=O)OCCCCCCCCCCC/C=C\C/C=C\CCCCCCCCCCCCCCCCCCCC(=O)NC(CO)C(O)/C=C/CCCCCCCCCCCCCCCCCCCCCCC. The molecule has 0 fully saturated rings. The molecule has 0 saturated heterocycles. The predicted molar refractivity (Wildman–Crippen MR) is 402 cm³/mol. The fourth-order valence-electron chi connectivity index (χ4n) is 12.8. The number of nitrogens with one attached hydrogen (secondary N) is 1. The van der Waals surface area contributed by atoms with Crippen LogP contribution in [0.25, 0.3) is 0 Å². The number of rotatable bonds is 77. The zero-order valence-electron chi connectivity index (χ0n) is 61.3. The molecule has 2 unspecified atom stereocenters. The second-order valence-electron chi connectivity index (χ2n) is 28.1. The third-order valence-electron chi connectivity index (χ3n) is 19.0. The van der Waals surface area contributed by atoms with Crippen molar-refractivity contribution in [2.45, 2.75) is 456 Å². The minimum atomic E-state index is -0.846. The first-order valence-electron chi connectivity index (χ1n) is 41.1. The molecular formula is C85H159NO5. The van der Waals surface area contributed by atoms with E-state index < -0.39 is 12.1 Å². The maximum atomic E-state index is 12.6. The van der Waals surface area contributed by atoms with E-state index in [0.717, 1.165) is 57.8 Å². The zero-order chi connectivity index (χ0) is 65.6. The molecule has 6 heteroatoms. The molecule has 534 valence electrons. The number of hydrogen-bond acceptors (Lipinski definition) is 5. The van der Waals surface area contributed by atoms with Gasteiger partial charge in [0.1, 0.15) is 0 Å². The number of aliphatic hydroxyl groups excluding tert-OH is 2. The summed E-state index contributed by atoms with van der Waals surface area (Å²) in [6, 6.07) is -0.629. The summed E-state index contributed by atoms with van der Waals surface area (Å²) in [5.74, 6) is -0.0549. The Balaban J connectivity index is 3.40. The van der Waals surface area contributed by atoms with E-state index in [9.17, 15) is 19.8 Å². The van der Waals surface area contributed by atoms with Gasteiger partial charge in [0.25, 0.3) is 0 Å². The first-order chi connectivity index (χ1) is 45.0. The maximum absolute atomic E-state index is 12.6. The van der Waals surface area contributed by atoms with E-state index in [1.165, 1.54) is 360 Å². The van der Waals surface area contributed by atoms with Gasteiger partial charge < -0.3 is 20.3 Å². The van der Waals surface area contributed by atoms with Crippen LogP contribution in [0.1, 0.15) is 444 Å². The molecule has 0 aliphatic heterocycles. The summed E-state index contributed by atoms with van der Waals surface area (Å²) in [4.78, 5) is 24.7. The standard InChI is InChI=1S/C85H159NO5/c1-3-5-7-9-11-13-15-17-19-21-23-24-36-39-42-45-49-53-57-61-65-69-73-77-83(88)82(81-87)86-84(89)78-74-70-66-62-58-54-50-46-43-40-37-34-32-30-28-26-25-27-29-31-33-35-38-41-44-48-52-56-60-64-68-72-76-80-91-85(90)79-75-71-67-63-59-55-51-47-22-20-18-16-14-12-10-8-6-4-2/h14,16,20,22,29,31,35,38,73,77,82-83,87-88H,3-13,15,17-19,21,23-28,30,32-34,36-37,39-72,74-76,78-81H2,1-2H3,(H,86,89)/b16-14-,22-20-,31-29-,38-35-,77-73+. The maximum Gasteiger partial charge on any atom is 0.305 e. The quantitative estimate of drug-likeness (QED) is 0.0320. The van der Waals surface area contributed by atoms with E-state index in [4.69, 9.17) is 4.74 Å². The lowest BCUT2D eigenvalue weighted by atomic mass is 10.0. The average molecular weight is 1280 g/mol. The largest absolute Gasteiger partial charge is 0.466 e. The van der Waals surface area contributed by atoms with Gasteiger partial charge in [-0.1, -0.05) is 396 Å². The van der Waals surface area contributed by atoms with Gasteiger partial charge in [0.05, 0.1) is 25.4 Å². The number of allylic oxidation sites excluding steroid dienone is 9. The van der Waals surface area contributed by atoms with Crippen molar-refractivity contribution in [2.24, 2.45) is 0 Å². The second-order valence-corrected chi connectivity index (χ2v) is 28.1. The van der Waals surface area contributed by atoms with E-state index in [-0.39, 0.29) is 18.5 Å². The molecule has 0 aliphatic carbocycles. The van der Waals surface area contributed by atoms with E-state index >= 15 is 0 Å². The third kappa shape index (κ3) is 76.5. The zero-order valence-corrected chi connectivity index (χ0v) is 61.3. The van der Waals surface area contributed by atoms with E-state index in [2.05, 4.69) is 67.8 Å². The minimum Gasteiger partial charge on any atom is -0.466 e. The summed E-state index contributed by atoms with van der Waals surface area (Å²) in [6.07, 6.45) is 108. The number of hydrogen-bond donors (Lipinski definition) is 3. The van der Waals surface area contributed by atoms with Gasteiger partial charge in [0, 0.05) is 12.8 Å². The molecule has 3 N–H and O–H groups in total. The van der Waals surface area contributed by atoms with Crippen molar-refractivity contribution in [3.8, 4) is 0 Å². The fraction of sp³-hybridized carbons (Fsp3) is 0.859. The van der Waals surface area contributed by atoms with Gasteiger partial charge in [-0.05, 0) is 96.3 Å². The summed E-state index contributed by atoms with van der Waals surface area (Å²) >= 11 is 0. The molecule has 0 aliphatic rings. The van der Waals surface area contributed by atoms with Crippen LogP contribution in [0, 0.1) is 0 Å². The molecule has 6 nitrogen and oxygen atoms in total. The molecule has 0 aromatic carbocycles. The highest BCUT2D eigenvalue weighted by molar-refractivity contribution is 5.76. The van der Waals surface area contributed by atoms with Gasteiger partial charge >= 0.3 is 5.97 Å². The molecule has 0 rings (SSSR count). The molecule has 0 saturated carbocycles. The third-order valence-corrected chi connectivity index (χ3v) is 19.0. The van der Waals surface area contributed by atoms with Crippen LogP contribution in [-0.2, 0) is 14.3 Å².